The van der Waals surface area contributed by atoms with Gasteiger partial charge in [-0.05, 0) is 6.92 Å². The highest BCUT2D eigenvalue weighted by molar-refractivity contribution is 7.10. The lowest BCUT2D eigenvalue weighted by molar-refractivity contribution is -0.137. The van der Waals surface area contributed by atoms with Gasteiger partial charge in [-0.25, -0.2) is 9.78 Å². The molecule has 68 valence electrons. The molecule has 0 aliphatic heterocycles. The molecule has 0 saturated carbocycles. The summed E-state index contributed by atoms with van der Waals surface area (Å²) in [6, 6.07) is 0. The number of aromatic nitrogens is 1. The van der Waals surface area contributed by atoms with Gasteiger partial charge in [0.15, 0.2) is 0 Å². The van der Waals surface area contributed by atoms with Crippen LogP contribution < -0.4 is 0 Å². The summed E-state index contributed by atoms with van der Waals surface area (Å²) >= 11 is 1.11. The number of carbonyl (C=O) groups excluding carboxylic acids is 2. The van der Waals surface area contributed by atoms with Gasteiger partial charge < -0.3 is 4.74 Å². The Morgan fingerprint density at radius 2 is 2.38 bits per heavy atom. The molecule has 0 bridgehead atoms. The van der Waals surface area contributed by atoms with Crippen LogP contribution in [0.2, 0.25) is 0 Å². The third-order valence-electron chi connectivity index (χ3n) is 1.22. The molecule has 4 nitrogen and oxygen atoms in total. The number of thiazole rings is 1. The fourth-order valence-electron chi connectivity index (χ4n) is 0.693. The van der Waals surface area contributed by atoms with Crippen molar-refractivity contribution in [2.45, 2.75) is 6.92 Å². The molecule has 0 aliphatic rings. The van der Waals surface area contributed by atoms with Crippen molar-refractivity contribution in [2.24, 2.45) is 0 Å². The van der Waals surface area contributed by atoms with E-state index in [-0.39, 0.29) is 17.3 Å². The van der Waals surface area contributed by atoms with E-state index in [1.165, 1.54) is 5.38 Å². The smallest absolute Gasteiger partial charge is 0.381 e. The maximum atomic E-state index is 11.2. The van der Waals surface area contributed by atoms with Crippen molar-refractivity contribution in [2.75, 3.05) is 6.61 Å². The first-order valence-corrected chi connectivity index (χ1v) is 4.45. The number of ketones is 1. The molecule has 5 heteroatoms. The lowest BCUT2D eigenvalue weighted by Gasteiger charge is -1.96. The number of hydrogen-bond donors (Lipinski definition) is 0. The van der Waals surface area contributed by atoms with Crippen LogP contribution in [0.3, 0.4) is 0 Å². The van der Waals surface area contributed by atoms with Crippen LogP contribution in [-0.2, 0) is 9.53 Å². The van der Waals surface area contributed by atoms with Gasteiger partial charge in [0.2, 0.25) is 0 Å². The molecule has 0 N–H and O–H groups in total. The van der Waals surface area contributed by atoms with E-state index >= 15 is 0 Å². The zero-order valence-corrected chi connectivity index (χ0v) is 7.76. The number of carbonyl (C=O) groups is 2. The zero-order valence-electron chi connectivity index (χ0n) is 6.94. The fourth-order valence-corrected chi connectivity index (χ4v) is 1.24. The monoisotopic (exact) mass is 197 g/mol. The molecule has 2 radical (unpaired) electrons. The molecule has 0 spiro atoms. The van der Waals surface area contributed by atoms with Gasteiger partial charge in [-0.2, -0.15) is 0 Å². The maximum absolute atomic E-state index is 11.2. The van der Waals surface area contributed by atoms with E-state index in [1.807, 2.05) is 0 Å². The molecule has 1 heterocycles. The molecule has 0 unspecified atom stereocenters. The normalized spacial score (nSPS) is 9.69. The standard InChI is InChI=1S/C8H7NO3S/c1-3-12-8(11)7(10)6-4-13-5(2)9-6/h2,4H,3H2,1H3. The molecule has 13 heavy (non-hydrogen) atoms. The summed E-state index contributed by atoms with van der Waals surface area (Å²) in [6.45, 7) is 7.09. The van der Waals surface area contributed by atoms with Crippen LogP contribution in [-0.4, -0.2) is 23.3 Å². The van der Waals surface area contributed by atoms with Crippen molar-refractivity contribution in [3.63, 3.8) is 0 Å². The lowest BCUT2D eigenvalue weighted by atomic mass is 10.3. The molecular formula is C8H7NO3S. The van der Waals surface area contributed by atoms with Gasteiger partial charge in [-0.1, -0.05) is 0 Å². The minimum atomic E-state index is -0.896. The van der Waals surface area contributed by atoms with Crippen molar-refractivity contribution in [3.8, 4) is 0 Å². The van der Waals surface area contributed by atoms with Crippen molar-refractivity contribution in [1.29, 1.82) is 0 Å². The third-order valence-corrected chi connectivity index (χ3v) is 1.89. The van der Waals surface area contributed by atoms with Crippen molar-refractivity contribution in [1.82, 2.24) is 4.98 Å². The van der Waals surface area contributed by atoms with E-state index in [0.717, 1.165) is 11.3 Å². The summed E-state index contributed by atoms with van der Waals surface area (Å²) in [7, 11) is 0. The fraction of sp³-hybridized carbons (Fsp3) is 0.250. The summed E-state index contributed by atoms with van der Waals surface area (Å²) in [4.78, 5) is 25.7. The third kappa shape index (κ3) is 2.35. The average molecular weight is 197 g/mol. The van der Waals surface area contributed by atoms with Crippen molar-refractivity contribution in [3.05, 3.63) is 23.0 Å². The Balaban J connectivity index is 2.73. The predicted molar refractivity (Wildman–Crippen MR) is 46.5 cm³/mol. The molecular weight excluding hydrogens is 190 g/mol. The van der Waals surface area contributed by atoms with Gasteiger partial charge in [0, 0.05) is 12.3 Å². The molecule has 1 aromatic rings. The summed E-state index contributed by atoms with van der Waals surface area (Å²) in [5.74, 6) is -1.65. The highest BCUT2D eigenvalue weighted by Crippen LogP contribution is 2.08. The molecule has 0 saturated heterocycles. The van der Waals surface area contributed by atoms with Crippen LogP contribution in [0, 0.1) is 6.92 Å². The molecule has 0 amide bonds. The van der Waals surface area contributed by atoms with E-state index in [2.05, 4.69) is 9.72 Å². The Hall–Kier alpha value is -1.23. The van der Waals surface area contributed by atoms with Crippen LogP contribution in [0.25, 0.3) is 0 Å². The van der Waals surface area contributed by atoms with Crippen molar-refractivity contribution >= 4 is 23.1 Å². The minimum absolute atomic E-state index is 0.0425. The Morgan fingerprint density at radius 3 is 2.85 bits per heavy atom. The highest BCUT2D eigenvalue weighted by atomic mass is 32.1. The van der Waals surface area contributed by atoms with Crippen molar-refractivity contribution < 1.29 is 14.3 Å². The van der Waals surface area contributed by atoms with Gasteiger partial charge in [0.25, 0.3) is 5.78 Å². The second kappa shape index (κ2) is 4.13. The summed E-state index contributed by atoms with van der Waals surface area (Å²) in [5.41, 5.74) is 0.0425. The lowest BCUT2D eigenvalue weighted by Crippen LogP contribution is -2.17. The van der Waals surface area contributed by atoms with Gasteiger partial charge in [-0.15, -0.1) is 11.3 Å². The Bertz CT molecular complexity index is 332. The van der Waals surface area contributed by atoms with Crippen LogP contribution in [0.15, 0.2) is 5.38 Å². The topological polar surface area (TPSA) is 56.3 Å². The molecule has 0 atom stereocenters. The van der Waals surface area contributed by atoms with Crippen LogP contribution in [0.5, 0.6) is 0 Å². The van der Waals surface area contributed by atoms with E-state index in [1.54, 1.807) is 6.92 Å². The van der Waals surface area contributed by atoms with Crippen LogP contribution in [0.4, 0.5) is 0 Å². The van der Waals surface area contributed by atoms with Gasteiger partial charge in [0.05, 0.1) is 11.6 Å². The Kier molecular flexibility index (Phi) is 3.13. The van der Waals surface area contributed by atoms with Crippen LogP contribution >= 0.6 is 11.3 Å². The number of nitrogens with zero attached hydrogens (tertiary/aromatic N) is 1. The molecule has 0 aromatic carbocycles. The number of esters is 1. The van der Waals surface area contributed by atoms with E-state index in [0.29, 0.717) is 0 Å². The van der Waals surface area contributed by atoms with Gasteiger partial charge in [-0.3, -0.25) is 4.79 Å². The van der Waals surface area contributed by atoms with E-state index in [4.69, 9.17) is 6.92 Å². The van der Waals surface area contributed by atoms with E-state index in [9.17, 15) is 9.59 Å². The Labute approximate surface area is 79.6 Å². The summed E-state index contributed by atoms with van der Waals surface area (Å²) in [6.07, 6.45) is 0. The SMILES string of the molecule is [CH]c1nc(C(=O)C(=O)OCC)cs1. The number of ether oxygens (including phenoxy) is 1. The first kappa shape index (κ1) is 9.85. The van der Waals surface area contributed by atoms with E-state index < -0.39 is 11.8 Å². The molecule has 0 aliphatic carbocycles. The number of rotatable bonds is 3. The van der Waals surface area contributed by atoms with Gasteiger partial charge >= 0.3 is 5.97 Å². The second-order valence-electron chi connectivity index (χ2n) is 2.12. The molecule has 0 fully saturated rings. The average Bonchev–Trinajstić information content (AvgIpc) is 2.51. The quantitative estimate of drug-likeness (QED) is 0.411. The zero-order chi connectivity index (χ0) is 9.84. The van der Waals surface area contributed by atoms with Gasteiger partial charge in [0.1, 0.15) is 5.69 Å². The summed E-state index contributed by atoms with van der Waals surface area (Å²) < 4.78 is 4.50. The predicted octanol–water partition coefficient (Wildman–Crippen LogP) is 0.948. The summed E-state index contributed by atoms with van der Waals surface area (Å²) in [5, 5.41) is 1.68. The maximum Gasteiger partial charge on any atom is 0.381 e. The first-order valence-electron chi connectivity index (χ1n) is 3.57. The number of Topliss-reactive ketones (excluding diaryl/α,β-unsaturated/α-hetero) is 1. The minimum Gasteiger partial charge on any atom is -0.460 e. The number of hydrogen-bond acceptors (Lipinski definition) is 5. The Morgan fingerprint density at radius 1 is 1.69 bits per heavy atom. The largest absolute Gasteiger partial charge is 0.460 e. The second-order valence-corrected chi connectivity index (χ2v) is 3.01. The highest BCUT2D eigenvalue weighted by Gasteiger charge is 2.19. The first-order chi connectivity index (χ1) is 6.15. The molecule has 1 rings (SSSR count). The molecule has 1 aromatic heterocycles. The van der Waals surface area contributed by atoms with Crippen LogP contribution in [0.1, 0.15) is 22.4 Å².